The molecule has 0 spiro atoms. The Labute approximate surface area is 144 Å². The van der Waals surface area contributed by atoms with Crippen molar-refractivity contribution >= 4 is 5.91 Å². The van der Waals surface area contributed by atoms with Crippen molar-refractivity contribution in [1.82, 2.24) is 10.5 Å². The average Bonchev–Trinajstić information content (AvgIpc) is 3.15. The van der Waals surface area contributed by atoms with Crippen molar-refractivity contribution in [3.63, 3.8) is 0 Å². The molecule has 126 valence electrons. The van der Waals surface area contributed by atoms with Gasteiger partial charge in [0.05, 0.1) is 6.54 Å². The molecule has 1 N–H and O–H groups in total. The first-order valence-corrected chi connectivity index (χ1v) is 7.97. The molecule has 1 aromatic heterocycles. The highest BCUT2D eigenvalue weighted by atomic mass is 16.6. The van der Waals surface area contributed by atoms with E-state index in [1.807, 2.05) is 54.6 Å². The molecule has 0 fully saturated rings. The number of carbonyl (C=O) groups excluding carboxylic acids is 1. The van der Waals surface area contributed by atoms with E-state index >= 15 is 0 Å². The van der Waals surface area contributed by atoms with E-state index in [1.165, 1.54) is 0 Å². The second-order valence-electron chi connectivity index (χ2n) is 5.63. The van der Waals surface area contributed by atoms with Crippen molar-refractivity contribution in [1.29, 1.82) is 0 Å². The number of ether oxygens (including phenoxy) is 2. The summed E-state index contributed by atoms with van der Waals surface area (Å²) in [5, 5.41) is 6.78. The Bertz CT molecular complexity index is 876. The van der Waals surface area contributed by atoms with Crippen LogP contribution in [0.4, 0.5) is 0 Å². The van der Waals surface area contributed by atoms with E-state index in [2.05, 4.69) is 10.5 Å². The van der Waals surface area contributed by atoms with Gasteiger partial charge in [-0.05, 0) is 12.1 Å². The fraction of sp³-hybridized carbons (Fsp3) is 0.158. The molecular weight excluding hydrogens is 320 g/mol. The van der Waals surface area contributed by atoms with E-state index in [0.717, 1.165) is 5.56 Å². The van der Waals surface area contributed by atoms with Crippen molar-refractivity contribution in [2.45, 2.75) is 12.6 Å². The Morgan fingerprint density at radius 3 is 2.68 bits per heavy atom. The first kappa shape index (κ1) is 15.3. The number of benzene rings is 2. The lowest BCUT2D eigenvalue weighted by atomic mass is 10.1. The lowest BCUT2D eigenvalue weighted by Crippen LogP contribution is -2.43. The molecule has 1 aliphatic rings. The molecule has 1 aliphatic heterocycles. The number of nitrogens with one attached hydrogen (secondary N) is 1. The maximum Gasteiger partial charge on any atom is 0.265 e. The number of nitrogens with zero attached hydrogens (tertiary/aromatic N) is 1. The molecule has 25 heavy (non-hydrogen) atoms. The molecule has 1 atom stereocenters. The molecule has 0 unspecified atom stereocenters. The van der Waals surface area contributed by atoms with Gasteiger partial charge in [0.2, 0.25) is 6.10 Å². The van der Waals surface area contributed by atoms with Crippen LogP contribution >= 0.6 is 0 Å². The monoisotopic (exact) mass is 336 g/mol. The summed E-state index contributed by atoms with van der Waals surface area (Å²) in [6.07, 6.45) is -0.685. The second kappa shape index (κ2) is 6.68. The number of aromatic nitrogens is 1. The maximum absolute atomic E-state index is 12.3. The van der Waals surface area contributed by atoms with Crippen LogP contribution in [0, 0.1) is 0 Å². The predicted molar refractivity (Wildman–Crippen MR) is 90.1 cm³/mol. The zero-order valence-corrected chi connectivity index (χ0v) is 13.3. The first-order valence-electron chi connectivity index (χ1n) is 7.97. The van der Waals surface area contributed by atoms with Crippen LogP contribution < -0.4 is 14.8 Å². The third kappa shape index (κ3) is 3.33. The summed E-state index contributed by atoms with van der Waals surface area (Å²) in [5.41, 5.74) is 1.58. The molecule has 0 bridgehead atoms. The molecule has 3 aromatic rings. The summed E-state index contributed by atoms with van der Waals surface area (Å²) in [4.78, 5) is 12.3. The number of carbonyl (C=O) groups is 1. The molecule has 6 heteroatoms. The van der Waals surface area contributed by atoms with Gasteiger partial charge in [-0.25, -0.2) is 0 Å². The highest BCUT2D eigenvalue weighted by Gasteiger charge is 2.27. The quantitative estimate of drug-likeness (QED) is 0.793. The standard InChI is InChI=1S/C19H16N2O4/c22-19(18-12-23-15-8-4-5-9-16(15)24-18)20-11-14-10-17(25-21-14)13-6-2-1-3-7-13/h1-10,18H,11-12H2,(H,20,22)/t18-/m0/s1. The fourth-order valence-corrected chi connectivity index (χ4v) is 2.57. The molecule has 6 nitrogen and oxygen atoms in total. The average molecular weight is 336 g/mol. The van der Waals surface area contributed by atoms with Gasteiger partial charge in [0.15, 0.2) is 17.3 Å². The number of hydrogen-bond acceptors (Lipinski definition) is 5. The zero-order chi connectivity index (χ0) is 17.1. The Balaban J connectivity index is 1.36. The Hall–Kier alpha value is -3.28. The van der Waals surface area contributed by atoms with Crippen LogP contribution in [-0.4, -0.2) is 23.8 Å². The molecule has 1 amide bonds. The molecule has 4 rings (SSSR count). The number of rotatable bonds is 4. The lowest BCUT2D eigenvalue weighted by Gasteiger charge is -2.25. The number of hydrogen-bond donors (Lipinski definition) is 1. The second-order valence-corrected chi connectivity index (χ2v) is 5.63. The largest absolute Gasteiger partial charge is 0.485 e. The molecule has 0 radical (unpaired) electrons. The van der Waals surface area contributed by atoms with Gasteiger partial charge < -0.3 is 19.3 Å². The summed E-state index contributed by atoms with van der Waals surface area (Å²) < 4.78 is 16.5. The van der Waals surface area contributed by atoms with Crippen LogP contribution in [0.5, 0.6) is 11.5 Å². The van der Waals surface area contributed by atoms with Crippen LogP contribution in [0.25, 0.3) is 11.3 Å². The van der Waals surface area contributed by atoms with Gasteiger partial charge in [0.1, 0.15) is 12.3 Å². The highest BCUT2D eigenvalue weighted by Crippen LogP contribution is 2.30. The number of para-hydroxylation sites is 2. The van der Waals surface area contributed by atoms with Crippen LogP contribution in [0.15, 0.2) is 65.2 Å². The van der Waals surface area contributed by atoms with Crippen LogP contribution in [0.2, 0.25) is 0 Å². The number of fused-ring (bicyclic) bond motifs is 1. The van der Waals surface area contributed by atoms with Crippen molar-refractivity contribution in [2.75, 3.05) is 6.61 Å². The summed E-state index contributed by atoms with van der Waals surface area (Å²) in [5.74, 6) is 1.63. The minimum absolute atomic E-state index is 0.178. The van der Waals surface area contributed by atoms with Crippen LogP contribution in [0.1, 0.15) is 5.69 Å². The zero-order valence-electron chi connectivity index (χ0n) is 13.3. The summed E-state index contributed by atoms with van der Waals surface area (Å²) in [7, 11) is 0. The Morgan fingerprint density at radius 1 is 1.08 bits per heavy atom. The van der Waals surface area contributed by atoms with E-state index < -0.39 is 6.10 Å². The van der Waals surface area contributed by atoms with Gasteiger partial charge in [-0.3, -0.25) is 4.79 Å². The Morgan fingerprint density at radius 2 is 1.84 bits per heavy atom. The molecule has 0 aliphatic carbocycles. The smallest absolute Gasteiger partial charge is 0.265 e. The Kier molecular flexibility index (Phi) is 4.08. The van der Waals surface area contributed by atoms with Gasteiger partial charge >= 0.3 is 0 Å². The normalized spacial score (nSPS) is 15.6. The lowest BCUT2D eigenvalue weighted by molar-refractivity contribution is -0.130. The van der Waals surface area contributed by atoms with E-state index in [1.54, 1.807) is 6.07 Å². The first-order chi connectivity index (χ1) is 12.3. The SMILES string of the molecule is O=C(NCc1cc(-c2ccccc2)on1)[C@@H]1COc2ccccc2O1. The highest BCUT2D eigenvalue weighted by molar-refractivity contribution is 5.81. The maximum atomic E-state index is 12.3. The molecular formula is C19H16N2O4. The fourth-order valence-electron chi connectivity index (χ4n) is 2.57. The third-order valence-corrected chi connectivity index (χ3v) is 3.86. The summed E-state index contributed by atoms with van der Waals surface area (Å²) >= 11 is 0. The van der Waals surface area contributed by atoms with Crippen molar-refractivity contribution < 1.29 is 18.8 Å². The molecule has 2 aromatic carbocycles. The van der Waals surface area contributed by atoms with E-state index in [4.69, 9.17) is 14.0 Å². The van der Waals surface area contributed by atoms with Crippen molar-refractivity contribution in [2.24, 2.45) is 0 Å². The molecule has 0 saturated heterocycles. The van der Waals surface area contributed by atoms with Crippen LogP contribution in [-0.2, 0) is 11.3 Å². The summed E-state index contributed by atoms with van der Waals surface area (Å²) in [6.45, 7) is 0.438. The van der Waals surface area contributed by atoms with E-state index in [-0.39, 0.29) is 19.1 Å². The van der Waals surface area contributed by atoms with E-state index in [9.17, 15) is 4.79 Å². The molecule has 0 saturated carbocycles. The summed E-state index contributed by atoms with van der Waals surface area (Å²) in [6, 6.07) is 18.8. The van der Waals surface area contributed by atoms with Gasteiger partial charge in [-0.1, -0.05) is 47.6 Å². The third-order valence-electron chi connectivity index (χ3n) is 3.86. The van der Waals surface area contributed by atoms with Gasteiger partial charge in [-0.15, -0.1) is 0 Å². The van der Waals surface area contributed by atoms with Crippen molar-refractivity contribution in [3.8, 4) is 22.8 Å². The molecule has 2 heterocycles. The van der Waals surface area contributed by atoms with Gasteiger partial charge in [-0.2, -0.15) is 0 Å². The minimum Gasteiger partial charge on any atom is -0.485 e. The predicted octanol–water partition coefficient (Wildman–Crippen LogP) is 2.80. The van der Waals surface area contributed by atoms with Crippen LogP contribution in [0.3, 0.4) is 0 Å². The number of amides is 1. The van der Waals surface area contributed by atoms with Gasteiger partial charge in [0, 0.05) is 11.6 Å². The van der Waals surface area contributed by atoms with Gasteiger partial charge in [0.25, 0.3) is 5.91 Å². The van der Waals surface area contributed by atoms with E-state index in [0.29, 0.717) is 23.0 Å². The topological polar surface area (TPSA) is 73.6 Å². The van der Waals surface area contributed by atoms with Crippen molar-refractivity contribution in [3.05, 3.63) is 66.4 Å². The minimum atomic E-state index is -0.685.